The molecule has 0 aliphatic carbocycles. The van der Waals surface area contributed by atoms with Crippen LogP contribution in [0.4, 0.5) is 5.69 Å². The Bertz CT molecular complexity index is 566. The second-order valence-corrected chi connectivity index (χ2v) is 5.07. The van der Waals surface area contributed by atoms with Crippen LogP contribution in [0.1, 0.15) is 0 Å². The number of nitrogens with one attached hydrogen (secondary N) is 1. The summed E-state index contributed by atoms with van der Waals surface area (Å²) in [5.41, 5.74) is 0.694. The summed E-state index contributed by atoms with van der Waals surface area (Å²) in [5.74, 6) is -0.387. The molecule has 0 spiro atoms. The zero-order valence-electron chi connectivity index (χ0n) is 9.87. The Kier molecular flexibility index (Phi) is 3.88. The predicted octanol–water partition coefficient (Wildman–Crippen LogP) is 1.17. The minimum atomic E-state index is -1.43. The molecule has 1 aromatic carbocycles. The molecule has 1 amide bonds. The topological polar surface area (TPSA) is 64.0 Å². The number of hydrogen-bond acceptors (Lipinski definition) is 3. The lowest BCUT2D eigenvalue weighted by Gasteiger charge is -2.04. The number of nitrogens with zero attached hydrogens (tertiary/aromatic N) is 2. The van der Waals surface area contributed by atoms with Crippen molar-refractivity contribution in [2.45, 2.75) is 5.16 Å². The van der Waals surface area contributed by atoms with Crippen LogP contribution in [0.3, 0.4) is 0 Å². The maximum atomic E-state index is 11.9. The standard InChI is InChI=1S/C12H13N3O2S/c1-15-8-7-13-12(15)18(17)9-11(16)14-10-5-3-2-4-6-10/h2-8H,9H2,1H3,(H,14,16). The van der Waals surface area contributed by atoms with Crippen LogP contribution in [-0.4, -0.2) is 25.4 Å². The number of carbonyl (C=O) groups excluding carboxylic acids is 1. The Hall–Kier alpha value is -1.95. The number of hydrogen-bond donors (Lipinski definition) is 1. The molecule has 1 heterocycles. The summed E-state index contributed by atoms with van der Waals surface area (Å²) in [7, 11) is 0.318. The molecule has 5 nitrogen and oxygen atoms in total. The third kappa shape index (κ3) is 3.04. The summed E-state index contributed by atoms with van der Waals surface area (Å²) in [5, 5.41) is 3.09. The van der Waals surface area contributed by atoms with Gasteiger partial charge in [-0.3, -0.25) is 9.00 Å². The monoisotopic (exact) mass is 263 g/mol. The molecule has 0 saturated heterocycles. The van der Waals surface area contributed by atoms with Crippen molar-refractivity contribution in [3.63, 3.8) is 0 Å². The molecule has 2 aromatic rings. The zero-order valence-corrected chi connectivity index (χ0v) is 10.7. The van der Waals surface area contributed by atoms with Gasteiger partial charge in [0.1, 0.15) is 5.75 Å². The number of para-hydroxylation sites is 1. The van der Waals surface area contributed by atoms with Crippen molar-refractivity contribution in [1.29, 1.82) is 0 Å². The molecule has 6 heteroatoms. The van der Waals surface area contributed by atoms with E-state index in [4.69, 9.17) is 0 Å². The van der Waals surface area contributed by atoms with E-state index in [-0.39, 0.29) is 11.7 Å². The molecular formula is C12H13N3O2S. The lowest BCUT2D eigenvalue weighted by atomic mass is 10.3. The zero-order chi connectivity index (χ0) is 13.0. The highest BCUT2D eigenvalue weighted by molar-refractivity contribution is 7.85. The third-order valence-electron chi connectivity index (χ3n) is 2.30. The van der Waals surface area contributed by atoms with Gasteiger partial charge < -0.3 is 9.88 Å². The van der Waals surface area contributed by atoms with Gasteiger partial charge in [-0.2, -0.15) is 0 Å². The number of aryl methyl sites for hydroxylation is 1. The van der Waals surface area contributed by atoms with Gasteiger partial charge in [-0.1, -0.05) is 18.2 Å². The molecule has 0 aliphatic heterocycles. The highest BCUT2D eigenvalue weighted by atomic mass is 32.2. The van der Waals surface area contributed by atoms with Gasteiger partial charge in [-0.05, 0) is 12.1 Å². The van der Waals surface area contributed by atoms with E-state index >= 15 is 0 Å². The van der Waals surface area contributed by atoms with Crippen molar-refractivity contribution in [3.8, 4) is 0 Å². The fraction of sp³-hybridized carbons (Fsp3) is 0.167. The van der Waals surface area contributed by atoms with Gasteiger partial charge in [0, 0.05) is 25.1 Å². The van der Waals surface area contributed by atoms with Gasteiger partial charge in [0.25, 0.3) is 0 Å². The van der Waals surface area contributed by atoms with Crippen LogP contribution < -0.4 is 5.32 Å². The first-order valence-corrected chi connectivity index (χ1v) is 6.69. The predicted molar refractivity (Wildman–Crippen MR) is 69.6 cm³/mol. The number of imidazole rings is 1. The number of rotatable bonds is 4. The van der Waals surface area contributed by atoms with Gasteiger partial charge >= 0.3 is 0 Å². The van der Waals surface area contributed by atoms with Crippen molar-refractivity contribution in [3.05, 3.63) is 42.7 Å². The number of anilines is 1. The molecule has 1 N–H and O–H groups in total. The van der Waals surface area contributed by atoms with Crippen LogP contribution >= 0.6 is 0 Å². The van der Waals surface area contributed by atoms with E-state index < -0.39 is 10.8 Å². The van der Waals surface area contributed by atoms with E-state index in [1.807, 2.05) is 18.2 Å². The summed E-state index contributed by atoms with van der Waals surface area (Å²) in [4.78, 5) is 15.6. The van der Waals surface area contributed by atoms with E-state index in [0.717, 1.165) is 0 Å². The minimum Gasteiger partial charge on any atom is -0.327 e. The largest absolute Gasteiger partial charge is 0.327 e. The number of amides is 1. The average molecular weight is 263 g/mol. The van der Waals surface area contributed by atoms with Crippen molar-refractivity contribution in [2.24, 2.45) is 7.05 Å². The van der Waals surface area contributed by atoms with E-state index in [1.54, 1.807) is 36.1 Å². The first-order chi connectivity index (χ1) is 8.66. The van der Waals surface area contributed by atoms with E-state index in [0.29, 0.717) is 10.8 Å². The van der Waals surface area contributed by atoms with Crippen molar-refractivity contribution in [1.82, 2.24) is 9.55 Å². The van der Waals surface area contributed by atoms with Crippen LogP contribution in [0.25, 0.3) is 0 Å². The summed E-state index contributed by atoms with van der Waals surface area (Å²) < 4.78 is 13.5. The number of carbonyl (C=O) groups is 1. The summed E-state index contributed by atoms with van der Waals surface area (Å²) in [6, 6.07) is 9.07. The quantitative estimate of drug-likeness (QED) is 0.900. The molecule has 0 bridgehead atoms. The van der Waals surface area contributed by atoms with Crippen LogP contribution in [0, 0.1) is 0 Å². The molecule has 0 radical (unpaired) electrons. The molecular weight excluding hydrogens is 250 g/mol. The fourth-order valence-corrected chi connectivity index (χ4v) is 2.47. The molecule has 1 unspecified atom stereocenters. The smallest absolute Gasteiger partial charge is 0.237 e. The summed E-state index contributed by atoms with van der Waals surface area (Å²) >= 11 is 0. The second-order valence-electron chi connectivity index (χ2n) is 3.72. The first kappa shape index (κ1) is 12.5. The lowest BCUT2D eigenvalue weighted by Crippen LogP contribution is -2.20. The normalized spacial score (nSPS) is 12.1. The van der Waals surface area contributed by atoms with Crippen LogP contribution in [0.2, 0.25) is 0 Å². The van der Waals surface area contributed by atoms with Crippen LogP contribution in [0.15, 0.2) is 47.9 Å². The van der Waals surface area contributed by atoms with Gasteiger partial charge in [-0.15, -0.1) is 0 Å². The van der Waals surface area contributed by atoms with E-state index in [2.05, 4.69) is 10.3 Å². The molecule has 18 heavy (non-hydrogen) atoms. The molecule has 0 fully saturated rings. The SMILES string of the molecule is Cn1ccnc1S(=O)CC(=O)Nc1ccccc1. The van der Waals surface area contributed by atoms with Gasteiger partial charge in [-0.25, -0.2) is 4.98 Å². The Morgan fingerprint density at radius 3 is 2.72 bits per heavy atom. The number of benzene rings is 1. The Balaban J connectivity index is 1.96. The second kappa shape index (κ2) is 5.59. The minimum absolute atomic E-state index is 0.0975. The maximum Gasteiger partial charge on any atom is 0.237 e. The van der Waals surface area contributed by atoms with Gasteiger partial charge in [0.05, 0.1) is 10.8 Å². The highest BCUT2D eigenvalue weighted by Crippen LogP contribution is 2.06. The third-order valence-corrected chi connectivity index (χ3v) is 3.63. The Labute approximate surface area is 107 Å². The highest BCUT2D eigenvalue weighted by Gasteiger charge is 2.13. The average Bonchev–Trinajstić information content (AvgIpc) is 2.76. The van der Waals surface area contributed by atoms with Gasteiger partial charge in [0.2, 0.25) is 5.91 Å². The first-order valence-electron chi connectivity index (χ1n) is 5.37. The molecule has 0 aliphatic rings. The van der Waals surface area contributed by atoms with Gasteiger partial charge in [0.15, 0.2) is 5.16 Å². The van der Waals surface area contributed by atoms with E-state index in [9.17, 15) is 9.00 Å². The van der Waals surface area contributed by atoms with Crippen LogP contribution in [-0.2, 0) is 22.6 Å². The van der Waals surface area contributed by atoms with Crippen LogP contribution in [0.5, 0.6) is 0 Å². The van der Waals surface area contributed by atoms with E-state index in [1.165, 1.54) is 0 Å². The number of aromatic nitrogens is 2. The summed E-state index contributed by atoms with van der Waals surface area (Å²) in [6.07, 6.45) is 3.25. The molecule has 0 saturated carbocycles. The molecule has 1 aromatic heterocycles. The Morgan fingerprint density at radius 2 is 2.11 bits per heavy atom. The molecule has 1 atom stereocenters. The summed E-state index contributed by atoms with van der Waals surface area (Å²) in [6.45, 7) is 0. The lowest BCUT2D eigenvalue weighted by molar-refractivity contribution is -0.113. The van der Waals surface area contributed by atoms with Crippen molar-refractivity contribution >= 4 is 22.4 Å². The van der Waals surface area contributed by atoms with Crippen molar-refractivity contribution < 1.29 is 9.00 Å². The fourth-order valence-electron chi connectivity index (χ4n) is 1.47. The maximum absolute atomic E-state index is 11.9. The molecule has 94 valence electrons. The Morgan fingerprint density at radius 1 is 1.39 bits per heavy atom. The molecule has 2 rings (SSSR count). The van der Waals surface area contributed by atoms with Crippen molar-refractivity contribution in [2.75, 3.05) is 11.1 Å².